The van der Waals surface area contributed by atoms with Gasteiger partial charge in [-0.2, -0.15) is 13.2 Å². The molecule has 2 aromatic carbocycles. The van der Waals surface area contributed by atoms with Crippen molar-refractivity contribution in [2.45, 2.75) is 12.8 Å². The summed E-state index contributed by atoms with van der Waals surface area (Å²) in [5, 5.41) is 6.25. The lowest BCUT2D eigenvalue weighted by Gasteiger charge is -2.11. The van der Waals surface area contributed by atoms with E-state index in [1.54, 1.807) is 30.3 Å². The van der Waals surface area contributed by atoms with Crippen molar-refractivity contribution < 1.29 is 27.6 Å². The molecule has 1 amide bonds. The molecule has 0 saturated carbocycles. The van der Waals surface area contributed by atoms with Crippen molar-refractivity contribution in [2.24, 2.45) is 5.16 Å². The molecule has 2 rings (SSSR count). The van der Waals surface area contributed by atoms with E-state index in [0.717, 1.165) is 12.1 Å². The molecule has 0 spiro atoms. The maximum atomic E-state index is 12.7. The van der Waals surface area contributed by atoms with E-state index in [2.05, 4.69) is 16.0 Å². The van der Waals surface area contributed by atoms with Crippen LogP contribution in [0.3, 0.4) is 0 Å². The number of amides is 1. The van der Waals surface area contributed by atoms with Gasteiger partial charge in [0.1, 0.15) is 13.7 Å². The van der Waals surface area contributed by atoms with Crippen LogP contribution < -0.4 is 10.8 Å². The van der Waals surface area contributed by atoms with E-state index in [4.69, 9.17) is 9.68 Å². The third-order valence-corrected chi connectivity index (χ3v) is 3.77. The van der Waals surface area contributed by atoms with Crippen molar-refractivity contribution in [3.8, 4) is 0 Å². The lowest BCUT2D eigenvalue weighted by atomic mass is 10.0. The zero-order valence-electron chi connectivity index (χ0n) is 15.8. The predicted octanol–water partition coefficient (Wildman–Crippen LogP) is 3.49. The van der Waals surface area contributed by atoms with E-state index in [-0.39, 0.29) is 12.3 Å². The largest absolute Gasteiger partial charge is 0.416 e. The van der Waals surface area contributed by atoms with Gasteiger partial charge < -0.3 is 10.2 Å². The van der Waals surface area contributed by atoms with Crippen LogP contribution in [0.5, 0.6) is 0 Å². The Bertz CT molecular complexity index is 896. The summed E-state index contributed by atoms with van der Waals surface area (Å²) >= 11 is 0. The average molecular weight is 407 g/mol. The molecule has 0 saturated heterocycles. The predicted molar refractivity (Wildman–Crippen MR) is 102 cm³/mol. The normalized spacial score (nSPS) is 12.1. The minimum Gasteiger partial charge on any atom is -0.398 e. The first-order valence-corrected chi connectivity index (χ1v) is 8.49. The molecule has 0 aliphatic rings. The van der Waals surface area contributed by atoms with Crippen molar-refractivity contribution in [3.63, 3.8) is 0 Å². The first kappa shape index (κ1) is 22.0. The summed E-state index contributed by atoms with van der Waals surface area (Å²) in [4.78, 5) is 22.1. The highest BCUT2D eigenvalue weighted by Gasteiger charge is 2.30. The number of nitrogens with one attached hydrogen (secondary N) is 2. The number of likely N-dealkylation sites (N-methyl/N-ethyl adjacent to an activating group) is 1. The number of hydroxylamine groups is 1. The lowest BCUT2D eigenvalue weighted by Crippen LogP contribution is -2.29. The van der Waals surface area contributed by atoms with E-state index >= 15 is 0 Å². The zero-order valence-corrected chi connectivity index (χ0v) is 15.8. The third kappa shape index (κ3) is 6.35. The molecule has 0 bridgehead atoms. The zero-order chi connectivity index (χ0) is 21.3. The smallest absolute Gasteiger partial charge is 0.398 e. The number of alkyl halides is 3. The number of hydrogen-bond acceptors (Lipinski definition) is 5. The summed E-state index contributed by atoms with van der Waals surface area (Å²) in [7, 11) is 2.81. The quantitative estimate of drug-likeness (QED) is 0.399. The van der Waals surface area contributed by atoms with Gasteiger partial charge in [0, 0.05) is 18.8 Å². The first-order chi connectivity index (χ1) is 13.9. The van der Waals surface area contributed by atoms with Gasteiger partial charge >= 0.3 is 6.18 Å². The molecule has 9 heteroatoms. The minimum atomic E-state index is -4.40. The van der Waals surface area contributed by atoms with Crippen LogP contribution in [0.25, 0.3) is 6.08 Å². The SMILES string of the molecule is CNC(=O)C(=NOC)c1ccccc1CONC=Cc1cccc(C(F)(F)F)c1. The van der Waals surface area contributed by atoms with Crippen LogP contribution in [0.4, 0.5) is 13.2 Å². The summed E-state index contributed by atoms with van der Waals surface area (Å²) in [6.07, 6.45) is -1.58. The fraction of sp³-hybridized carbons (Fsp3) is 0.200. The van der Waals surface area contributed by atoms with Gasteiger partial charge in [0.15, 0.2) is 5.71 Å². The van der Waals surface area contributed by atoms with E-state index in [0.29, 0.717) is 16.7 Å². The lowest BCUT2D eigenvalue weighted by molar-refractivity contribution is -0.137. The van der Waals surface area contributed by atoms with Crippen molar-refractivity contribution in [1.82, 2.24) is 10.8 Å². The number of carbonyl (C=O) groups is 1. The monoisotopic (exact) mass is 407 g/mol. The Kier molecular flexibility index (Phi) is 7.79. The highest BCUT2D eigenvalue weighted by molar-refractivity contribution is 6.45. The molecule has 0 heterocycles. The van der Waals surface area contributed by atoms with Gasteiger partial charge in [-0.1, -0.05) is 41.6 Å². The number of benzene rings is 2. The van der Waals surface area contributed by atoms with E-state index in [1.807, 2.05) is 0 Å². The van der Waals surface area contributed by atoms with Crippen LogP contribution in [0.15, 0.2) is 59.9 Å². The van der Waals surface area contributed by atoms with Gasteiger partial charge in [0.25, 0.3) is 5.91 Å². The van der Waals surface area contributed by atoms with Crippen LogP contribution in [0.1, 0.15) is 22.3 Å². The molecule has 0 radical (unpaired) electrons. The topological polar surface area (TPSA) is 72.0 Å². The molecule has 0 aliphatic carbocycles. The van der Waals surface area contributed by atoms with Crippen LogP contribution >= 0.6 is 0 Å². The molecule has 29 heavy (non-hydrogen) atoms. The standard InChI is InChI=1S/C20H20F3N3O3/c1-24-19(27)18(26-28-2)17-9-4-3-7-15(17)13-29-25-11-10-14-6-5-8-16(12-14)20(21,22)23/h3-12,25H,13H2,1-2H3,(H,24,27). The molecule has 0 aromatic heterocycles. The van der Waals surface area contributed by atoms with Gasteiger partial charge in [0.05, 0.1) is 5.56 Å². The van der Waals surface area contributed by atoms with Gasteiger partial charge in [-0.15, -0.1) is 0 Å². The van der Waals surface area contributed by atoms with Gasteiger partial charge in [-0.3, -0.25) is 15.1 Å². The summed E-state index contributed by atoms with van der Waals surface area (Å²) in [6.45, 7) is 0.0723. The second-order valence-electron chi connectivity index (χ2n) is 5.72. The first-order valence-electron chi connectivity index (χ1n) is 8.49. The van der Waals surface area contributed by atoms with E-state index in [1.165, 1.54) is 32.5 Å². The Labute approximate surface area is 166 Å². The minimum absolute atomic E-state index is 0.0723. The molecule has 0 aliphatic heterocycles. The van der Waals surface area contributed by atoms with Gasteiger partial charge in [-0.05, 0) is 29.3 Å². The molecule has 0 unspecified atom stereocenters. The Balaban J connectivity index is 2.02. The van der Waals surface area contributed by atoms with Crippen LogP contribution in [-0.2, 0) is 27.3 Å². The Morgan fingerprint density at radius 3 is 2.62 bits per heavy atom. The second-order valence-corrected chi connectivity index (χ2v) is 5.72. The highest BCUT2D eigenvalue weighted by Crippen LogP contribution is 2.29. The van der Waals surface area contributed by atoms with Crippen molar-refractivity contribution in [3.05, 3.63) is 77.0 Å². The molecule has 2 aromatic rings. The third-order valence-electron chi connectivity index (χ3n) is 3.77. The fourth-order valence-electron chi connectivity index (χ4n) is 2.42. The van der Waals surface area contributed by atoms with Crippen LogP contribution in [0.2, 0.25) is 0 Å². The van der Waals surface area contributed by atoms with Crippen molar-refractivity contribution >= 4 is 17.7 Å². The maximum absolute atomic E-state index is 12.7. The number of hydrogen-bond donors (Lipinski definition) is 2. The number of halogens is 3. The number of carbonyl (C=O) groups excluding carboxylic acids is 1. The van der Waals surface area contributed by atoms with Crippen LogP contribution in [0, 0.1) is 0 Å². The summed E-state index contributed by atoms with van der Waals surface area (Å²) in [5.41, 5.74) is 3.46. The number of rotatable bonds is 8. The van der Waals surface area contributed by atoms with E-state index in [9.17, 15) is 18.0 Å². The maximum Gasteiger partial charge on any atom is 0.416 e. The van der Waals surface area contributed by atoms with Crippen molar-refractivity contribution in [2.75, 3.05) is 14.2 Å². The molecule has 0 atom stereocenters. The summed E-state index contributed by atoms with van der Waals surface area (Å²) in [5.74, 6) is -0.420. The Hall–Kier alpha value is -3.33. The van der Waals surface area contributed by atoms with Crippen molar-refractivity contribution in [1.29, 1.82) is 0 Å². The second kappa shape index (κ2) is 10.3. The van der Waals surface area contributed by atoms with Gasteiger partial charge in [0.2, 0.25) is 0 Å². The molecular weight excluding hydrogens is 387 g/mol. The highest BCUT2D eigenvalue weighted by atomic mass is 19.4. The molecule has 154 valence electrons. The Morgan fingerprint density at radius 2 is 1.93 bits per heavy atom. The molecule has 0 fully saturated rings. The summed E-state index contributed by atoms with van der Waals surface area (Å²) < 4.78 is 38.2. The van der Waals surface area contributed by atoms with Gasteiger partial charge in [-0.25, -0.2) is 0 Å². The summed E-state index contributed by atoms with van der Waals surface area (Å²) in [6, 6.07) is 11.9. The average Bonchev–Trinajstić information content (AvgIpc) is 2.71. The molecule has 6 nitrogen and oxygen atoms in total. The van der Waals surface area contributed by atoms with Crippen LogP contribution in [-0.4, -0.2) is 25.8 Å². The molecule has 2 N–H and O–H groups in total. The number of nitrogens with zero attached hydrogens (tertiary/aromatic N) is 1. The Morgan fingerprint density at radius 1 is 1.17 bits per heavy atom. The molecular formula is C20H20F3N3O3. The fourth-order valence-corrected chi connectivity index (χ4v) is 2.42. The van der Waals surface area contributed by atoms with E-state index < -0.39 is 17.6 Å². The number of oxime groups is 1.